The second kappa shape index (κ2) is 9.19. The third-order valence-corrected chi connectivity index (χ3v) is 5.81. The Kier molecular flexibility index (Phi) is 6.18. The van der Waals surface area contributed by atoms with Crippen molar-refractivity contribution in [3.05, 3.63) is 123 Å². The van der Waals surface area contributed by atoms with Gasteiger partial charge in [0, 0.05) is 12.8 Å². The summed E-state index contributed by atoms with van der Waals surface area (Å²) in [6.45, 7) is 3.97. The first-order valence-corrected chi connectivity index (χ1v) is 10.8. The van der Waals surface area contributed by atoms with Gasteiger partial charge in [-0.3, -0.25) is 0 Å². The summed E-state index contributed by atoms with van der Waals surface area (Å²) in [7, 11) is 0. The second-order valence-electron chi connectivity index (χ2n) is 8.54. The predicted octanol–water partition coefficient (Wildman–Crippen LogP) is 6.19. The molecule has 32 heavy (non-hydrogen) atoms. The monoisotopic (exact) mass is 424 g/mol. The molecule has 4 rings (SSSR count). The minimum Gasteiger partial charge on any atom is -0.508 e. The number of rotatable bonds is 6. The van der Waals surface area contributed by atoms with Crippen LogP contribution in [-0.4, -0.2) is 15.3 Å². The average molecular weight is 425 g/mol. The van der Waals surface area contributed by atoms with Crippen molar-refractivity contribution >= 4 is 0 Å². The summed E-state index contributed by atoms with van der Waals surface area (Å²) in [4.78, 5) is 0. The van der Waals surface area contributed by atoms with Crippen molar-refractivity contribution in [2.75, 3.05) is 0 Å². The van der Waals surface area contributed by atoms with Crippen LogP contribution in [0.25, 0.3) is 0 Å². The number of benzene rings is 4. The van der Waals surface area contributed by atoms with E-state index in [1.807, 2.05) is 68.4 Å². The zero-order chi connectivity index (χ0) is 22.7. The Morgan fingerprint density at radius 1 is 0.500 bits per heavy atom. The van der Waals surface area contributed by atoms with Crippen molar-refractivity contribution in [2.45, 2.75) is 33.1 Å². The Morgan fingerprint density at radius 2 is 1.00 bits per heavy atom. The molecule has 3 nitrogen and oxygen atoms in total. The van der Waals surface area contributed by atoms with Gasteiger partial charge in [0.1, 0.15) is 17.2 Å². The number of hydrogen-bond acceptors (Lipinski definition) is 3. The van der Waals surface area contributed by atoms with Gasteiger partial charge in [0.2, 0.25) is 0 Å². The molecule has 3 heteroatoms. The first-order valence-electron chi connectivity index (χ1n) is 10.8. The van der Waals surface area contributed by atoms with Crippen LogP contribution >= 0.6 is 0 Å². The predicted molar refractivity (Wildman–Crippen MR) is 129 cm³/mol. The van der Waals surface area contributed by atoms with Crippen LogP contribution in [0.1, 0.15) is 44.5 Å². The standard InChI is InChI=1S/C29H28O3/c1-19-8-10-27(30)23(12-19)17-25-15-22(14-21-6-4-3-5-7-21)16-26(29(25)32)18-24-13-20(2)9-11-28(24)31/h3-13,15-16,30-32H,14,17-18H2,1-2H3. The summed E-state index contributed by atoms with van der Waals surface area (Å²) in [6, 6.07) is 25.3. The molecule has 4 aromatic rings. The van der Waals surface area contributed by atoms with Crippen LogP contribution in [-0.2, 0) is 19.3 Å². The molecule has 162 valence electrons. The Labute approximate surface area is 189 Å². The fourth-order valence-electron chi connectivity index (χ4n) is 4.16. The maximum atomic E-state index is 11.2. The van der Waals surface area contributed by atoms with E-state index in [-0.39, 0.29) is 17.2 Å². The number of phenolic OH excluding ortho intramolecular Hbond substituents is 3. The van der Waals surface area contributed by atoms with Gasteiger partial charge < -0.3 is 15.3 Å². The molecule has 0 aromatic heterocycles. The van der Waals surface area contributed by atoms with Crippen LogP contribution in [0.4, 0.5) is 0 Å². The molecule has 0 heterocycles. The number of phenols is 3. The molecule has 0 amide bonds. The minimum absolute atomic E-state index is 0.212. The van der Waals surface area contributed by atoms with Crippen LogP contribution in [0, 0.1) is 13.8 Å². The third-order valence-electron chi connectivity index (χ3n) is 5.81. The van der Waals surface area contributed by atoms with Gasteiger partial charge >= 0.3 is 0 Å². The van der Waals surface area contributed by atoms with Crippen molar-refractivity contribution in [1.29, 1.82) is 0 Å². The molecule has 0 aliphatic carbocycles. The average Bonchev–Trinajstić information content (AvgIpc) is 2.77. The van der Waals surface area contributed by atoms with Crippen molar-refractivity contribution in [3.63, 3.8) is 0 Å². The normalized spacial score (nSPS) is 10.9. The fourth-order valence-corrected chi connectivity index (χ4v) is 4.16. The molecule has 0 bridgehead atoms. The van der Waals surface area contributed by atoms with Crippen LogP contribution in [0.5, 0.6) is 17.2 Å². The number of aryl methyl sites for hydroxylation is 2. The molecule has 4 aromatic carbocycles. The Bertz CT molecular complexity index is 1170. The van der Waals surface area contributed by atoms with E-state index in [1.54, 1.807) is 12.1 Å². The maximum Gasteiger partial charge on any atom is 0.122 e. The van der Waals surface area contributed by atoms with Crippen molar-refractivity contribution in [3.8, 4) is 17.2 Å². The van der Waals surface area contributed by atoms with E-state index in [0.717, 1.165) is 45.4 Å². The van der Waals surface area contributed by atoms with Crippen LogP contribution in [0.15, 0.2) is 78.9 Å². The van der Waals surface area contributed by atoms with Gasteiger partial charge in [-0.1, -0.05) is 77.9 Å². The first-order chi connectivity index (χ1) is 15.4. The molecule has 0 spiro atoms. The Morgan fingerprint density at radius 3 is 1.50 bits per heavy atom. The molecule has 0 radical (unpaired) electrons. The molecule has 0 saturated heterocycles. The Balaban J connectivity index is 1.77. The third kappa shape index (κ3) is 4.94. The summed E-state index contributed by atoms with van der Waals surface area (Å²) < 4.78 is 0. The number of hydrogen-bond donors (Lipinski definition) is 3. The van der Waals surface area contributed by atoms with E-state index in [2.05, 4.69) is 12.1 Å². The molecule has 0 fully saturated rings. The molecular weight excluding hydrogens is 396 g/mol. The first kappa shape index (κ1) is 21.5. The zero-order valence-electron chi connectivity index (χ0n) is 18.5. The zero-order valence-corrected chi connectivity index (χ0v) is 18.5. The van der Waals surface area contributed by atoms with E-state index >= 15 is 0 Å². The lowest BCUT2D eigenvalue weighted by molar-refractivity contribution is 0.456. The van der Waals surface area contributed by atoms with E-state index in [0.29, 0.717) is 12.8 Å². The van der Waals surface area contributed by atoms with Gasteiger partial charge in [0.05, 0.1) is 0 Å². The lowest BCUT2D eigenvalue weighted by Crippen LogP contribution is -2.00. The second-order valence-corrected chi connectivity index (χ2v) is 8.54. The minimum atomic E-state index is 0.212. The van der Waals surface area contributed by atoms with Gasteiger partial charge in [-0.05, 0) is 65.8 Å². The van der Waals surface area contributed by atoms with Crippen molar-refractivity contribution in [1.82, 2.24) is 0 Å². The van der Waals surface area contributed by atoms with E-state index < -0.39 is 0 Å². The van der Waals surface area contributed by atoms with E-state index in [4.69, 9.17) is 0 Å². The SMILES string of the molecule is Cc1ccc(O)c(Cc2cc(Cc3ccccc3)cc(Cc3cc(C)ccc3O)c2O)c1. The highest BCUT2D eigenvalue weighted by Crippen LogP contribution is 2.33. The molecular formula is C29H28O3. The van der Waals surface area contributed by atoms with Gasteiger partial charge in [0.25, 0.3) is 0 Å². The van der Waals surface area contributed by atoms with Gasteiger partial charge in [-0.15, -0.1) is 0 Å². The van der Waals surface area contributed by atoms with Gasteiger partial charge in [-0.25, -0.2) is 0 Å². The topological polar surface area (TPSA) is 60.7 Å². The van der Waals surface area contributed by atoms with Crippen LogP contribution in [0.3, 0.4) is 0 Å². The quantitative estimate of drug-likeness (QED) is 0.346. The smallest absolute Gasteiger partial charge is 0.122 e. The molecule has 0 aliphatic heterocycles. The highest BCUT2D eigenvalue weighted by molar-refractivity contribution is 5.52. The fraction of sp³-hybridized carbons (Fsp3) is 0.172. The van der Waals surface area contributed by atoms with Crippen LogP contribution in [0.2, 0.25) is 0 Å². The highest BCUT2D eigenvalue weighted by Gasteiger charge is 2.15. The summed E-state index contributed by atoms with van der Waals surface area (Å²) >= 11 is 0. The molecule has 0 atom stereocenters. The van der Waals surface area contributed by atoms with Crippen molar-refractivity contribution < 1.29 is 15.3 Å². The summed E-state index contributed by atoms with van der Waals surface area (Å²) in [6.07, 6.45) is 1.59. The van der Waals surface area contributed by atoms with Crippen LogP contribution < -0.4 is 0 Å². The molecule has 0 unspecified atom stereocenters. The lowest BCUT2D eigenvalue weighted by atomic mass is 9.92. The number of aromatic hydroxyl groups is 3. The van der Waals surface area contributed by atoms with E-state index in [9.17, 15) is 15.3 Å². The summed E-state index contributed by atoms with van der Waals surface area (Å²) in [5.74, 6) is 0.659. The highest BCUT2D eigenvalue weighted by atomic mass is 16.3. The van der Waals surface area contributed by atoms with E-state index in [1.165, 1.54) is 5.56 Å². The largest absolute Gasteiger partial charge is 0.508 e. The van der Waals surface area contributed by atoms with Gasteiger partial charge in [0.15, 0.2) is 0 Å². The summed E-state index contributed by atoms with van der Waals surface area (Å²) in [5, 5.41) is 31.9. The van der Waals surface area contributed by atoms with Crippen molar-refractivity contribution in [2.24, 2.45) is 0 Å². The molecule has 0 aliphatic rings. The maximum absolute atomic E-state index is 11.2. The lowest BCUT2D eigenvalue weighted by Gasteiger charge is -2.15. The molecule has 0 saturated carbocycles. The summed E-state index contributed by atoms with van der Waals surface area (Å²) in [5.41, 5.74) is 7.47. The molecule has 3 N–H and O–H groups in total. The van der Waals surface area contributed by atoms with Gasteiger partial charge in [-0.2, -0.15) is 0 Å². The Hall–Kier alpha value is -3.72.